The minimum absolute atomic E-state index is 0.403. The second kappa shape index (κ2) is 5.48. The molecule has 1 unspecified atom stereocenters. The van der Waals surface area contributed by atoms with E-state index in [0.717, 1.165) is 25.2 Å². The first-order valence-corrected chi connectivity index (χ1v) is 4.57. The molecule has 0 saturated heterocycles. The fourth-order valence-electron chi connectivity index (χ4n) is 1.13. The lowest BCUT2D eigenvalue weighted by Crippen LogP contribution is -2.17. The van der Waals surface area contributed by atoms with Crippen LogP contribution in [0, 0.1) is 0 Å². The summed E-state index contributed by atoms with van der Waals surface area (Å²) in [5.41, 5.74) is 5.41. The molecule has 72 valence electrons. The zero-order chi connectivity index (χ0) is 9.52. The molecular weight excluding hydrogens is 164 g/mol. The monoisotopic (exact) mass is 180 g/mol. The van der Waals surface area contributed by atoms with Crippen LogP contribution in [0.5, 0.6) is 0 Å². The molecule has 13 heavy (non-hydrogen) atoms. The van der Waals surface area contributed by atoms with Gasteiger partial charge in [-0.3, -0.25) is 0 Å². The molecule has 0 bridgehead atoms. The van der Waals surface area contributed by atoms with Crippen molar-refractivity contribution in [2.75, 3.05) is 11.9 Å². The summed E-state index contributed by atoms with van der Waals surface area (Å²) in [6.07, 6.45) is 3.76. The van der Waals surface area contributed by atoms with Crippen LogP contribution >= 0.6 is 0 Å². The van der Waals surface area contributed by atoms with E-state index in [4.69, 9.17) is 5.73 Å². The minimum Gasteiger partial charge on any atom is -0.366 e. The second-order valence-corrected chi connectivity index (χ2v) is 3.09. The molecule has 0 amide bonds. The van der Waals surface area contributed by atoms with Gasteiger partial charge in [-0.05, 0) is 38.4 Å². The maximum absolute atomic E-state index is 5.41. The SMILES string of the molecule is CC(CCCN)Nc1cccnn1. The number of hydrogen-bond acceptors (Lipinski definition) is 4. The van der Waals surface area contributed by atoms with Crippen LogP contribution in [-0.4, -0.2) is 22.8 Å². The fourth-order valence-corrected chi connectivity index (χ4v) is 1.13. The normalized spacial score (nSPS) is 12.5. The Balaban J connectivity index is 2.32. The number of hydrogen-bond donors (Lipinski definition) is 2. The molecule has 0 fully saturated rings. The summed E-state index contributed by atoms with van der Waals surface area (Å²) in [7, 11) is 0. The van der Waals surface area contributed by atoms with Crippen LogP contribution in [0.1, 0.15) is 19.8 Å². The summed E-state index contributed by atoms with van der Waals surface area (Å²) >= 11 is 0. The van der Waals surface area contributed by atoms with E-state index in [1.807, 2.05) is 12.1 Å². The van der Waals surface area contributed by atoms with Crippen molar-refractivity contribution < 1.29 is 0 Å². The van der Waals surface area contributed by atoms with Crippen LogP contribution in [0.3, 0.4) is 0 Å². The Morgan fingerprint density at radius 2 is 2.46 bits per heavy atom. The molecule has 0 saturated carbocycles. The minimum atomic E-state index is 0.403. The highest BCUT2D eigenvalue weighted by molar-refractivity contribution is 5.32. The van der Waals surface area contributed by atoms with E-state index < -0.39 is 0 Å². The van der Waals surface area contributed by atoms with Crippen molar-refractivity contribution >= 4 is 5.82 Å². The third-order valence-corrected chi connectivity index (χ3v) is 1.81. The Bertz CT molecular complexity index is 224. The second-order valence-electron chi connectivity index (χ2n) is 3.09. The molecular formula is C9H16N4. The van der Waals surface area contributed by atoms with Gasteiger partial charge in [0, 0.05) is 12.2 Å². The van der Waals surface area contributed by atoms with E-state index in [1.165, 1.54) is 0 Å². The van der Waals surface area contributed by atoms with Gasteiger partial charge in [0.05, 0.1) is 0 Å². The Hall–Kier alpha value is -1.16. The molecule has 0 spiro atoms. The van der Waals surface area contributed by atoms with E-state index in [2.05, 4.69) is 22.4 Å². The van der Waals surface area contributed by atoms with Gasteiger partial charge in [-0.25, -0.2) is 0 Å². The van der Waals surface area contributed by atoms with E-state index in [0.29, 0.717) is 6.04 Å². The first kappa shape index (κ1) is 9.92. The lowest BCUT2D eigenvalue weighted by atomic mass is 10.2. The Morgan fingerprint density at radius 1 is 1.62 bits per heavy atom. The summed E-state index contributed by atoms with van der Waals surface area (Å²) in [6.45, 7) is 2.86. The highest BCUT2D eigenvalue weighted by Gasteiger charge is 2.01. The van der Waals surface area contributed by atoms with Gasteiger partial charge in [-0.2, -0.15) is 5.10 Å². The van der Waals surface area contributed by atoms with E-state index in [1.54, 1.807) is 6.20 Å². The van der Waals surface area contributed by atoms with E-state index in [-0.39, 0.29) is 0 Å². The van der Waals surface area contributed by atoms with Crippen LogP contribution in [0.2, 0.25) is 0 Å². The topological polar surface area (TPSA) is 63.8 Å². The predicted molar refractivity (Wildman–Crippen MR) is 53.4 cm³/mol. The van der Waals surface area contributed by atoms with Gasteiger partial charge in [0.25, 0.3) is 0 Å². The maximum atomic E-state index is 5.41. The average molecular weight is 180 g/mol. The van der Waals surface area contributed by atoms with Gasteiger partial charge in [0.2, 0.25) is 0 Å². The standard InChI is InChI=1S/C9H16N4/c1-8(4-2-6-10)12-9-5-3-7-11-13-9/h3,5,7-8H,2,4,6,10H2,1H3,(H,12,13). The first-order chi connectivity index (χ1) is 6.33. The van der Waals surface area contributed by atoms with Gasteiger partial charge in [0.1, 0.15) is 5.82 Å². The third kappa shape index (κ3) is 3.85. The molecule has 0 aliphatic heterocycles. The van der Waals surface area contributed by atoms with Crippen LogP contribution in [0.25, 0.3) is 0 Å². The molecule has 4 heteroatoms. The first-order valence-electron chi connectivity index (χ1n) is 4.57. The molecule has 0 aliphatic carbocycles. The number of nitrogens with one attached hydrogen (secondary N) is 1. The quantitative estimate of drug-likeness (QED) is 0.710. The summed E-state index contributed by atoms with van der Waals surface area (Å²) in [5.74, 6) is 0.826. The van der Waals surface area contributed by atoms with E-state index in [9.17, 15) is 0 Å². The summed E-state index contributed by atoms with van der Waals surface area (Å²) < 4.78 is 0. The molecule has 1 atom stereocenters. The lowest BCUT2D eigenvalue weighted by Gasteiger charge is -2.12. The van der Waals surface area contributed by atoms with Crippen molar-refractivity contribution in [3.05, 3.63) is 18.3 Å². The molecule has 1 aromatic rings. The molecule has 4 nitrogen and oxygen atoms in total. The fraction of sp³-hybridized carbons (Fsp3) is 0.556. The van der Waals surface area contributed by atoms with E-state index >= 15 is 0 Å². The number of aromatic nitrogens is 2. The highest BCUT2D eigenvalue weighted by Crippen LogP contribution is 2.04. The largest absolute Gasteiger partial charge is 0.366 e. The Morgan fingerprint density at radius 3 is 3.08 bits per heavy atom. The summed E-state index contributed by atoms with van der Waals surface area (Å²) in [6, 6.07) is 4.18. The highest BCUT2D eigenvalue weighted by atomic mass is 15.2. The molecule has 1 heterocycles. The smallest absolute Gasteiger partial charge is 0.148 e. The van der Waals surface area contributed by atoms with Gasteiger partial charge >= 0.3 is 0 Å². The number of nitrogens with two attached hydrogens (primary N) is 1. The Labute approximate surface area is 78.6 Å². The molecule has 3 N–H and O–H groups in total. The molecule has 0 radical (unpaired) electrons. The average Bonchev–Trinajstić information content (AvgIpc) is 2.16. The van der Waals surface area contributed by atoms with Crippen molar-refractivity contribution in [1.82, 2.24) is 10.2 Å². The Kier molecular flexibility index (Phi) is 4.18. The maximum Gasteiger partial charge on any atom is 0.148 e. The zero-order valence-electron chi connectivity index (χ0n) is 7.90. The number of anilines is 1. The molecule has 0 aliphatic rings. The third-order valence-electron chi connectivity index (χ3n) is 1.81. The molecule has 0 aromatic carbocycles. The molecule has 1 aromatic heterocycles. The van der Waals surface area contributed by atoms with Crippen LogP contribution < -0.4 is 11.1 Å². The summed E-state index contributed by atoms with van der Waals surface area (Å²) in [4.78, 5) is 0. The van der Waals surface area contributed by atoms with Crippen LogP contribution in [0.4, 0.5) is 5.82 Å². The van der Waals surface area contributed by atoms with Crippen molar-refractivity contribution in [3.8, 4) is 0 Å². The van der Waals surface area contributed by atoms with Gasteiger partial charge < -0.3 is 11.1 Å². The molecule has 1 rings (SSSR count). The van der Waals surface area contributed by atoms with Gasteiger partial charge in [-0.15, -0.1) is 5.10 Å². The van der Waals surface area contributed by atoms with Crippen LogP contribution in [-0.2, 0) is 0 Å². The number of nitrogens with zero attached hydrogens (tertiary/aromatic N) is 2. The lowest BCUT2D eigenvalue weighted by molar-refractivity contribution is 0.659. The van der Waals surface area contributed by atoms with Crippen molar-refractivity contribution in [3.63, 3.8) is 0 Å². The van der Waals surface area contributed by atoms with Gasteiger partial charge in [-0.1, -0.05) is 0 Å². The van der Waals surface area contributed by atoms with Crippen LogP contribution in [0.15, 0.2) is 18.3 Å². The predicted octanol–water partition coefficient (Wildman–Crippen LogP) is 1.02. The number of rotatable bonds is 5. The summed E-state index contributed by atoms with van der Waals surface area (Å²) in [5, 5.41) is 11.0. The zero-order valence-corrected chi connectivity index (χ0v) is 7.90. The van der Waals surface area contributed by atoms with Gasteiger partial charge in [0.15, 0.2) is 0 Å². The van der Waals surface area contributed by atoms with Crippen molar-refractivity contribution in [2.24, 2.45) is 5.73 Å². The van der Waals surface area contributed by atoms with Crippen molar-refractivity contribution in [2.45, 2.75) is 25.8 Å². The van der Waals surface area contributed by atoms with Crippen molar-refractivity contribution in [1.29, 1.82) is 0 Å².